The highest BCUT2D eigenvalue weighted by Gasteiger charge is 2.29. The number of benzene rings is 1. The molecule has 134 valence electrons. The average Bonchev–Trinajstić information content (AvgIpc) is 2.62. The first kappa shape index (κ1) is 17.3. The molecule has 2 atom stereocenters. The van der Waals surface area contributed by atoms with E-state index in [9.17, 15) is 5.11 Å². The normalized spacial score (nSPS) is 22.2. The van der Waals surface area contributed by atoms with E-state index >= 15 is 0 Å². The van der Waals surface area contributed by atoms with Gasteiger partial charge in [-0.05, 0) is 18.6 Å². The van der Waals surface area contributed by atoms with Crippen molar-refractivity contribution in [1.29, 1.82) is 0 Å². The number of nitrogens with one attached hydrogen (secondary N) is 1. The molecule has 0 aromatic heterocycles. The van der Waals surface area contributed by atoms with E-state index in [1.807, 2.05) is 18.2 Å². The molecule has 2 aliphatic heterocycles. The SMILES string of the molecule is CCCCOc1ccc2c(c1)OC(C(O)CN1CCNCC1)CO2. The molecule has 6 nitrogen and oxygen atoms in total. The largest absolute Gasteiger partial charge is 0.493 e. The molecule has 0 saturated carbocycles. The van der Waals surface area contributed by atoms with E-state index in [2.05, 4.69) is 17.1 Å². The Morgan fingerprint density at radius 2 is 2.17 bits per heavy atom. The summed E-state index contributed by atoms with van der Waals surface area (Å²) in [5.41, 5.74) is 0. The van der Waals surface area contributed by atoms with Crippen molar-refractivity contribution in [2.24, 2.45) is 0 Å². The van der Waals surface area contributed by atoms with Crippen LogP contribution in [0.25, 0.3) is 0 Å². The second-order valence-corrected chi connectivity index (χ2v) is 6.40. The molecule has 3 rings (SSSR count). The Morgan fingerprint density at radius 3 is 2.96 bits per heavy atom. The van der Waals surface area contributed by atoms with Gasteiger partial charge in [-0.3, -0.25) is 4.90 Å². The minimum Gasteiger partial charge on any atom is -0.493 e. The Balaban J connectivity index is 1.56. The van der Waals surface area contributed by atoms with Gasteiger partial charge >= 0.3 is 0 Å². The average molecular weight is 336 g/mol. The first-order valence-corrected chi connectivity index (χ1v) is 8.93. The van der Waals surface area contributed by atoms with Crippen LogP contribution in [0.3, 0.4) is 0 Å². The third-order valence-electron chi connectivity index (χ3n) is 4.45. The van der Waals surface area contributed by atoms with E-state index in [0.717, 1.165) is 44.8 Å². The lowest BCUT2D eigenvalue weighted by Crippen LogP contribution is -2.51. The van der Waals surface area contributed by atoms with Gasteiger partial charge in [-0.15, -0.1) is 0 Å². The third-order valence-corrected chi connectivity index (χ3v) is 4.45. The Kier molecular flexibility index (Phi) is 6.18. The lowest BCUT2D eigenvalue weighted by molar-refractivity contribution is -0.0267. The number of rotatable bonds is 7. The van der Waals surface area contributed by atoms with Crippen LogP contribution in [0.1, 0.15) is 19.8 Å². The van der Waals surface area contributed by atoms with Crippen LogP contribution in [0.15, 0.2) is 18.2 Å². The second-order valence-electron chi connectivity index (χ2n) is 6.40. The number of nitrogens with zero attached hydrogens (tertiary/aromatic N) is 1. The molecule has 1 aromatic carbocycles. The van der Waals surface area contributed by atoms with Crippen molar-refractivity contribution in [2.75, 3.05) is 45.9 Å². The molecule has 1 fully saturated rings. The highest BCUT2D eigenvalue weighted by Crippen LogP contribution is 2.35. The standard InChI is InChI=1S/C18H28N2O4/c1-2-3-10-22-14-4-5-16-17(11-14)24-18(13-23-16)15(21)12-20-8-6-19-7-9-20/h4-5,11,15,18-19,21H,2-3,6-10,12-13H2,1H3. The van der Waals surface area contributed by atoms with Gasteiger partial charge in [0.25, 0.3) is 0 Å². The highest BCUT2D eigenvalue weighted by atomic mass is 16.6. The van der Waals surface area contributed by atoms with Crippen molar-refractivity contribution in [3.05, 3.63) is 18.2 Å². The molecule has 0 aliphatic carbocycles. The summed E-state index contributed by atoms with van der Waals surface area (Å²) in [4.78, 5) is 2.25. The molecular formula is C18H28N2O4. The van der Waals surface area contributed by atoms with E-state index in [1.165, 1.54) is 0 Å². The summed E-state index contributed by atoms with van der Waals surface area (Å²) >= 11 is 0. The monoisotopic (exact) mass is 336 g/mol. The summed E-state index contributed by atoms with van der Waals surface area (Å²) in [5, 5.41) is 13.8. The fourth-order valence-electron chi connectivity index (χ4n) is 2.96. The van der Waals surface area contributed by atoms with Gasteiger partial charge < -0.3 is 24.6 Å². The zero-order chi connectivity index (χ0) is 16.8. The number of aliphatic hydroxyl groups is 1. The molecule has 1 aromatic rings. The molecule has 0 amide bonds. The number of β-amino-alcohol motifs (C(OH)–C–C–N with tert-alkyl or cyclic N) is 1. The van der Waals surface area contributed by atoms with E-state index < -0.39 is 6.10 Å². The summed E-state index contributed by atoms with van der Waals surface area (Å²) in [5.74, 6) is 2.14. The maximum absolute atomic E-state index is 10.5. The topological polar surface area (TPSA) is 63.2 Å². The summed E-state index contributed by atoms with van der Waals surface area (Å²) in [7, 11) is 0. The molecule has 1 saturated heterocycles. The quantitative estimate of drug-likeness (QED) is 0.731. The van der Waals surface area contributed by atoms with Gasteiger partial charge in [0.15, 0.2) is 17.6 Å². The molecular weight excluding hydrogens is 308 g/mol. The van der Waals surface area contributed by atoms with Crippen LogP contribution in [-0.2, 0) is 0 Å². The molecule has 2 N–H and O–H groups in total. The van der Waals surface area contributed by atoms with Crippen molar-refractivity contribution in [3.8, 4) is 17.2 Å². The van der Waals surface area contributed by atoms with E-state index in [-0.39, 0.29) is 6.10 Å². The van der Waals surface area contributed by atoms with Crippen molar-refractivity contribution in [1.82, 2.24) is 10.2 Å². The van der Waals surface area contributed by atoms with Crippen LogP contribution in [0.2, 0.25) is 0 Å². The van der Waals surface area contributed by atoms with Crippen molar-refractivity contribution < 1.29 is 19.3 Å². The smallest absolute Gasteiger partial charge is 0.165 e. The molecule has 0 bridgehead atoms. The fraction of sp³-hybridized carbons (Fsp3) is 0.667. The molecule has 0 spiro atoms. The fourth-order valence-corrected chi connectivity index (χ4v) is 2.96. The van der Waals surface area contributed by atoms with Gasteiger partial charge in [-0.1, -0.05) is 13.3 Å². The zero-order valence-electron chi connectivity index (χ0n) is 14.4. The number of ether oxygens (including phenoxy) is 3. The minimum atomic E-state index is -0.569. The van der Waals surface area contributed by atoms with Crippen LogP contribution in [0, 0.1) is 0 Å². The maximum atomic E-state index is 10.5. The lowest BCUT2D eigenvalue weighted by Gasteiger charge is -2.34. The number of piperazine rings is 1. The number of hydrogen-bond donors (Lipinski definition) is 2. The van der Waals surface area contributed by atoms with Crippen LogP contribution >= 0.6 is 0 Å². The minimum absolute atomic E-state index is 0.349. The van der Waals surface area contributed by atoms with Gasteiger partial charge in [-0.25, -0.2) is 0 Å². The number of unbranched alkanes of at least 4 members (excludes halogenated alkanes) is 1. The molecule has 6 heteroatoms. The van der Waals surface area contributed by atoms with Crippen LogP contribution in [-0.4, -0.2) is 68.2 Å². The van der Waals surface area contributed by atoms with Gasteiger partial charge in [0.1, 0.15) is 18.5 Å². The van der Waals surface area contributed by atoms with Crippen molar-refractivity contribution >= 4 is 0 Å². The van der Waals surface area contributed by atoms with Gasteiger partial charge in [0.2, 0.25) is 0 Å². The summed E-state index contributed by atoms with van der Waals surface area (Å²) in [6, 6.07) is 5.62. The molecule has 2 heterocycles. The number of fused-ring (bicyclic) bond motifs is 1. The molecule has 2 aliphatic rings. The van der Waals surface area contributed by atoms with Crippen molar-refractivity contribution in [3.63, 3.8) is 0 Å². The van der Waals surface area contributed by atoms with Gasteiger partial charge in [-0.2, -0.15) is 0 Å². The van der Waals surface area contributed by atoms with Gasteiger partial charge in [0, 0.05) is 38.8 Å². The summed E-state index contributed by atoms with van der Waals surface area (Å²) in [6.07, 6.45) is 1.21. The highest BCUT2D eigenvalue weighted by molar-refractivity contribution is 5.46. The third kappa shape index (κ3) is 4.53. The second kappa shape index (κ2) is 8.55. The number of aliphatic hydroxyl groups excluding tert-OH is 1. The van der Waals surface area contributed by atoms with Gasteiger partial charge in [0.05, 0.1) is 6.61 Å². The number of hydrogen-bond acceptors (Lipinski definition) is 6. The Morgan fingerprint density at radius 1 is 1.33 bits per heavy atom. The van der Waals surface area contributed by atoms with E-state index in [4.69, 9.17) is 14.2 Å². The van der Waals surface area contributed by atoms with Crippen molar-refractivity contribution in [2.45, 2.75) is 32.0 Å². The summed E-state index contributed by atoms with van der Waals surface area (Å²) < 4.78 is 17.5. The molecule has 2 unspecified atom stereocenters. The lowest BCUT2D eigenvalue weighted by atomic mass is 10.1. The Hall–Kier alpha value is -1.50. The van der Waals surface area contributed by atoms with Crippen LogP contribution in [0.5, 0.6) is 17.2 Å². The molecule has 0 radical (unpaired) electrons. The Bertz CT molecular complexity index is 520. The van der Waals surface area contributed by atoms with Crippen LogP contribution < -0.4 is 19.5 Å². The molecule has 24 heavy (non-hydrogen) atoms. The van der Waals surface area contributed by atoms with Crippen LogP contribution in [0.4, 0.5) is 0 Å². The van der Waals surface area contributed by atoms with E-state index in [1.54, 1.807) is 0 Å². The zero-order valence-corrected chi connectivity index (χ0v) is 14.4. The predicted octanol–water partition coefficient (Wildman–Crippen LogP) is 1.27. The maximum Gasteiger partial charge on any atom is 0.165 e. The van der Waals surface area contributed by atoms with E-state index in [0.29, 0.717) is 31.3 Å². The first-order chi connectivity index (χ1) is 11.8. The predicted molar refractivity (Wildman–Crippen MR) is 92.1 cm³/mol. The summed E-state index contributed by atoms with van der Waals surface area (Å²) in [6.45, 7) is 7.66. The first-order valence-electron chi connectivity index (χ1n) is 8.93. The Labute approximate surface area is 143 Å².